The van der Waals surface area contributed by atoms with E-state index in [1.54, 1.807) is 0 Å². The average molecular weight is 422 g/mol. The minimum atomic E-state index is 0.520. The van der Waals surface area contributed by atoms with Gasteiger partial charge in [0.05, 0.1) is 17.1 Å². The fourth-order valence-electron chi connectivity index (χ4n) is 3.87. The van der Waals surface area contributed by atoms with Crippen molar-refractivity contribution in [2.45, 2.75) is 26.4 Å². The molecule has 3 N–H and O–H groups in total. The number of unbranched alkanes of at least 4 members (excludes halogenated alkanes) is 1. The second kappa shape index (κ2) is 9.06. The van der Waals surface area contributed by atoms with Crippen LogP contribution < -0.4 is 15.4 Å². The van der Waals surface area contributed by atoms with Gasteiger partial charge in [0.25, 0.3) is 0 Å². The van der Waals surface area contributed by atoms with Gasteiger partial charge >= 0.3 is 0 Å². The van der Waals surface area contributed by atoms with Gasteiger partial charge in [-0.05, 0) is 42.3 Å². The highest BCUT2D eigenvalue weighted by molar-refractivity contribution is 5.85. The van der Waals surface area contributed by atoms with Crippen molar-refractivity contribution in [2.24, 2.45) is 0 Å². The van der Waals surface area contributed by atoms with E-state index in [4.69, 9.17) is 4.74 Å². The van der Waals surface area contributed by atoms with Crippen LogP contribution in [-0.2, 0) is 6.61 Å². The van der Waals surface area contributed by atoms with Gasteiger partial charge in [0.15, 0.2) is 0 Å². The normalized spacial score (nSPS) is 12.7. The summed E-state index contributed by atoms with van der Waals surface area (Å²) in [5.41, 5.74) is 5.25. The highest BCUT2D eigenvalue weighted by Gasteiger charge is 2.12. The zero-order chi connectivity index (χ0) is 21.8. The number of benzene rings is 2. The molecular formula is C28H27N3O. The van der Waals surface area contributed by atoms with E-state index in [0.29, 0.717) is 6.61 Å². The molecule has 3 heterocycles. The molecule has 160 valence electrons. The van der Waals surface area contributed by atoms with E-state index in [2.05, 4.69) is 88.6 Å². The molecule has 4 heteroatoms. The summed E-state index contributed by atoms with van der Waals surface area (Å²) >= 11 is 0. The number of para-hydroxylation sites is 1. The van der Waals surface area contributed by atoms with Crippen LogP contribution in [-0.4, -0.2) is 15.0 Å². The number of hydrogen-bond acceptors (Lipinski definition) is 1. The number of rotatable bonds is 7. The van der Waals surface area contributed by atoms with Gasteiger partial charge in [0.1, 0.15) is 12.4 Å². The zero-order valence-electron chi connectivity index (χ0n) is 18.2. The Balaban J connectivity index is 1.52. The molecule has 32 heavy (non-hydrogen) atoms. The highest BCUT2D eigenvalue weighted by atomic mass is 16.5. The van der Waals surface area contributed by atoms with Gasteiger partial charge in [-0.25, -0.2) is 0 Å². The van der Waals surface area contributed by atoms with Gasteiger partial charge < -0.3 is 19.7 Å². The van der Waals surface area contributed by atoms with Crippen molar-refractivity contribution < 1.29 is 4.74 Å². The summed E-state index contributed by atoms with van der Waals surface area (Å²) in [6.07, 6.45) is 6.54. The molecule has 2 aromatic carbocycles. The molecule has 5 aromatic rings. The van der Waals surface area contributed by atoms with E-state index < -0.39 is 0 Å². The smallest absolute Gasteiger partial charge is 0.145 e. The summed E-state index contributed by atoms with van der Waals surface area (Å²) < 4.78 is 6.25. The Labute approximate surface area is 187 Å². The summed E-state index contributed by atoms with van der Waals surface area (Å²) in [5.74, 6) is 0.830. The summed E-state index contributed by atoms with van der Waals surface area (Å²) in [4.78, 5) is 10.5. The van der Waals surface area contributed by atoms with E-state index >= 15 is 0 Å². The van der Waals surface area contributed by atoms with Crippen LogP contribution in [0.15, 0.2) is 78.9 Å². The third-order valence-electron chi connectivity index (χ3n) is 5.55. The fourth-order valence-corrected chi connectivity index (χ4v) is 3.87. The van der Waals surface area contributed by atoms with Crippen LogP contribution in [0.2, 0.25) is 0 Å². The zero-order valence-corrected chi connectivity index (χ0v) is 18.2. The molecule has 0 bridgehead atoms. The van der Waals surface area contributed by atoms with Crippen molar-refractivity contribution >= 4 is 23.1 Å². The van der Waals surface area contributed by atoms with Gasteiger partial charge in [0, 0.05) is 27.7 Å². The predicted octanol–water partition coefficient (Wildman–Crippen LogP) is 5.48. The lowest BCUT2D eigenvalue weighted by Crippen LogP contribution is -2.09. The van der Waals surface area contributed by atoms with Gasteiger partial charge in [-0.3, -0.25) is 0 Å². The van der Waals surface area contributed by atoms with Crippen LogP contribution >= 0.6 is 0 Å². The maximum Gasteiger partial charge on any atom is 0.145 e. The number of aromatic amines is 3. The molecule has 0 amide bonds. The lowest BCUT2D eigenvalue weighted by Gasteiger charge is -2.05. The molecule has 0 atom stereocenters. The van der Waals surface area contributed by atoms with Crippen molar-refractivity contribution in [3.63, 3.8) is 0 Å². The van der Waals surface area contributed by atoms with Crippen molar-refractivity contribution in [3.05, 3.63) is 101 Å². The summed E-state index contributed by atoms with van der Waals surface area (Å²) in [6.45, 7) is 2.71. The van der Waals surface area contributed by atoms with Crippen LogP contribution in [0.3, 0.4) is 0 Å². The molecule has 0 saturated heterocycles. The monoisotopic (exact) mass is 421 g/mol. The Morgan fingerprint density at radius 1 is 0.781 bits per heavy atom. The van der Waals surface area contributed by atoms with Crippen molar-refractivity contribution in [2.75, 3.05) is 0 Å². The Morgan fingerprint density at radius 3 is 2.41 bits per heavy atom. The summed E-state index contributed by atoms with van der Waals surface area (Å²) in [7, 11) is 0. The number of hydrogen-bond donors (Lipinski definition) is 3. The first-order valence-corrected chi connectivity index (χ1v) is 11.1. The van der Waals surface area contributed by atoms with E-state index in [9.17, 15) is 0 Å². The van der Waals surface area contributed by atoms with E-state index in [-0.39, 0.29) is 0 Å². The molecule has 0 fully saturated rings. The van der Waals surface area contributed by atoms with Crippen LogP contribution in [0.5, 0.6) is 5.75 Å². The van der Waals surface area contributed by atoms with Gasteiger partial charge in [0.2, 0.25) is 0 Å². The first-order valence-electron chi connectivity index (χ1n) is 11.1. The Kier molecular flexibility index (Phi) is 5.67. The van der Waals surface area contributed by atoms with Gasteiger partial charge in [-0.15, -0.1) is 0 Å². The molecule has 5 rings (SSSR count). The van der Waals surface area contributed by atoms with Crippen molar-refractivity contribution in [1.29, 1.82) is 0 Å². The van der Waals surface area contributed by atoms with Gasteiger partial charge in [-0.2, -0.15) is 0 Å². The Morgan fingerprint density at radius 2 is 1.56 bits per heavy atom. The molecule has 3 aromatic heterocycles. The maximum absolute atomic E-state index is 6.25. The number of ether oxygens (including phenoxy) is 1. The average Bonchev–Trinajstić information content (AvgIpc) is 3.55. The molecule has 0 aliphatic rings. The number of H-pyrrole nitrogens is 3. The molecule has 0 aliphatic heterocycles. The van der Waals surface area contributed by atoms with Crippen molar-refractivity contribution in [1.82, 2.24) is 15.0 Å². The van der Waals surface area contributed by atoms with Crippen LogP contribution in [0.1, 0.15) is 31.0 Å². The fraction of sp³-hybridized carbons (Fsp3) is 0.143. The second-order valence-electron chi connectivity index (χ2n) is 8.01. The predicted molar refractivity (Wildman–Crippen MR) is 132 cm³/mol. The lowest BCUT2D eigenvalue weighted by molar-refractivity contribution is 0.306. The molecule has 4 nitrogen and oxygen atoms in total. The number of aromatic nitrogens is 3. The molecule has 0 radical (unpaired) electrons. The molecule has 0 aliphatic carbocycles. The first kappa shape index (κ1) is 20.0. The Bertz CT molecular complexity index is 1400. The summed E-state index contributed by atoms with van der Waals surface area (Å²) in [6, 6.07) is 27.0. The minimum Gasteiger partial charge on any atom is -0.487 e. The van der Waals surface area contributed by atoms with E-state index in [1.165, 1.54) is 5.39 Å². The Hall–Kier alpha value is -3.92. The minimum absolute atomic E-state index is 0.520. The number of fused-ring (bicyclic) bond motifs is 1. The third-order valence-corrected chi connectivity index (χ3v) is 5.55. The van der Waals surface area contributed by atoms with Crippen molar-refractivity contribution in [3.8, 4) is 17.1 Å². The molecule has 0 unspecified atom stereocenters. The lowest BCUT2D eigenvalue weighted by atomic mass is 10.2. The van der Waals surface area contributed by atoms with Crippen LogP contribution in [0.25, 0.3) is 34.4 Å². The van der Waals surface area contributed by atoms with E-state index in [0.717, 1.165) is 57.5 Å². The van der Waals surface area contributed by atoms with E-state index in [1.807, 2.05) is 24.3 Å². The third kappa shape index (κ3) is 4.40. The molecule has 0 spiro atoms. The molecule has 0 saturated carbocycles. The first-order chi connectivity index (χ1) is 15.8. The number of nitrogens with one attached hydrogen (secondary N) is 3. The molecular weight excluding hydrogens is 394 g/mol. The van der Waals surface area contributed by atoms with Gasteiger partial charge in [-0.1, -0.05) is 68.0 Å². The highest BCUT2D eigenvalue weighted by Crippen LogP contribution is 2.30. The summed E-state index contributed by atoms with van der Waals surface area (Å²) in [5, 5.41) is 3.38. The standard InChI is InChI=1S/C28H27N3O/c1-2-3-12-22-14-15-23(29-22)17-27-28(32-19-20-9-5-4-6-10-20)18-26(31-27)25-16-21-11-7-8-13-24(21)30-25/h4-18,29-31H,2-3,19H2,1H3. The largest absolute Gasteiger partial charge is 0.487 e. The van der Waals surface area contributed by atoms with Crippen LogP contribution in [0, 0.1) is 0 Å². The topological polar surface area (TPSA) is 56.6 Å². The quantitative estimate of drug-likeness (QED) is 0.320. The van der Waals surface area contributed by atoms with Crippen LogP contribution in [0.4, 0.5) is 0 Å². The SMILES string of the molecule is CCCC=c1ccc(=Cc2[nH]c(-c3cc4ccccc4[nH]3)cc2OCc2ccccc2)[nH]1. The second-order valence-corrected chi connectivity index (χ2v) is 8.01. The maximum atomic E-state index is 6.25.